The lowest BCUT2D eigenvalue weighted by molar-refractivity contribution is -0.384. The Morgan fingerprint density at radius 3 is 2.63 bits per heavy atom. The van der Waals surface area contributed by atoms with Crippen molar-refractivity contribution in [3.05, 3.63) is 76.3 Å². The number of nitrogens with zero attached hydrogens (tertiary/aromatic N) is 3. The molecule has 4 rings (SSSR count). The number of benzene rings is 3. The molecule has 0 unspecified atom stereocenters. The zero-order valence-electron chi connectivity index (χ0n) is 14.7. The van der Waals surface area contributed by atoms with E-state index in [1.807, 2.05) is 30.3 Å². The van der Waals surface area contributed by atoms with Crippen LogP contribution < -0.4 is 0 Å². The summed E-state index contributed by atoms with van der Waals surface area (Å²) in [6.07, 6.45) is 1.61. The number of nitro benzene ring substituents is 1. The Labute approximate surface area is 155 Å². The molecule has 6 nitrogen and oxygen atoms in total. The van der Waals surface area contributed by atoms with Gasteiger partial charge in [-0.3, -0.25) is 15.1 Å². The van der Waals surface area contributed by atoms with Crippen molar-refractivity contribution in [1.82, 2.24) is 4.57 Å². The summed E-state index contributed by atoms with van der Waals surface area (Å²) in [4.78, 5) is 14.6. The second kappa shape index (κ2) is 6.57. The van der Waals surface area contributed by atoms with Gasteiger partial charge in [0.05, 0.1) is 4.92 Å². The van der Waals surface area contributed by atoms with E-state index in [1.54, 1.807) is 6.21 Å². The molecule has 27 heavy (non-hydrogen) atoms. The Morgan fingerprint density at radius 2 is 1.85 bits per heavy atom. The lowest BCUT2D eigenvalue weighted by Gasteiger charge is -2.03. The van der Waals surface area contributed by atoms with Gasteiger partial charge < -0.3 is 9.67 Å². The van der Waals surface area contributed by atoms with Crippen molar-refractivity contribution < 1.29 is 10.0 Å². The van der Waals surface area contributed by atoms with Crippen molar-refractivity contribution in [3.8, 4) is 5.75 Å². The SMILES string of the molecule is CCn1c2ccccc2c2cc(C=Nc3cc([N+](=O)[O-])ccc3O)ccc21. The molecule has 1 heterocycles. The Bertz CT molecular complexity index is 1210. The molecule has 0 amide bonds. The van der Waals surface area contributed by atoms with E-state index in [4.69, 9.17) is 0 Å². The minimum absolute atomic E-state index is 0.0967. The highest BCUT2D eigenvalue weighted by atomic mass is 16.6. The van der Waals surface area contributed by atoms with Gasteiger partial charge in [-0.05, 0) is 36.8 Å². The van der Waals surface area contributed by atoms with Crippen LogP contribution in [0.3, 0.4) is 0 Å². The average molecular weight is 359 g/mol. The maximum absolute atomic E-state index is 10.9. The molecule has 1 aromatic heterocycles. The third-order valence-corrected chi connectivity index (χ3v) is 4.64. The van der Waals surface area contributed by atoms with Gasteiger partial charge in [0.2, 0.25) is 0 Å². The lowest BCUT2D eigenvalue weighted by atomic mass is 10.1. The van der Waals surface area contributed by atoms with E-state index in [0.717, 1.165) is 23.0 Å². The Balaban J connectivity index is 1.79. The number of fused-ring (bicyclic) bond motifs is 3. The van der Waals surface area contributed by atoms with Crippen LogP contribution >= 0.6 is 0 Å². The molecule has 0 bridgehead atoms. The quantitative estimate of drug-likeness (QED) is 0.310. The molecule has 0 atom stereocenters. The highest BCUT2D eigenvalue weighted by molar-refractivity contribution is 6.09. The fourth-order valence-electron chi connectivity index (χ4n) is 3.37. The summed E-state index contributed by atoms with van der Waals surface area (Å²) in [7, 11) is 0. The second-order valence-corrected chi connectivity index (χ2v) is 6.23. The lowest BCUT2D eigenvalue weighted by Crippen LogP contribution is -1.92. The molecule has 0 radical (unpaired) electrons. The minimum Gasteiger partial charge on any atom is -0.506 e. The molecule has 0 saturated carbocycles. The van der Waals surface area contributed by atoms with E-state index in [0.29, 0.717) is 0 Å². The zero-order chi connectivity index (χ0) is 19.0. The molecule has 0 spiro atoms. The molecule has 0 fully saturated rings. The number of hydrogen-bond donors (Lipinski definition) is 1. The number of aryl methyl sites for hydroxylation is 1. The average Bonchev–Trinajstić information content (AvgIpc) is 3.00. The van der Waals surface area contributed by atoms with Gasteiger partial charge >= 0.3 is 0 Å². The summed E-state index contributed by atoms with van der Waals surface area (Å²) in [5, 5.41) is 23.1. The number of para-hydroxylation sites is 1. The van der Waals surface area contributed by atoms with Crippen LogP contribution in [0.2, 0.25) is 0 Å². The van der Waals surface area contributed by atoms with Crippen LogP contribution in [-0.4, -0.2) is 20.8 Å². The number of nitro groups is 1. The van der Waals surface area contributed by atoms with Gasteiger partial charge in [0.1, 0.15) is 11.4 Å². The predicted octanol–water partition coefficient (Wildman–Crippen LogP) is 5.18. The summed E-state index contributed by atoms with van der Waals surface area (Å²) in [6, 6.07) is 18.1. The van der Waals surface area contributed by atoms with E-state index in [2.05, 4.69) is 28.6 Å². The Morgan fingerprint density at radius 1 is 1.07 bits per heavy atom. The predicted molar refractivity (Wildman–Crippen MR) is 107 cm³/mol. The van der Waals surface area contributed by atoms with E-state index >= 15 is 0 Å². The maximum Gasteiger partial charge on any atom is 0.271 e. The number of non-ortho nitro benzene ring substituents is 1. The molecule has 1 N–H and O–H groups in total. The zero-order valence-corrected chi connectivity index (χ0v) is 14.7. The second-order valence-electron chi connectivity index (χ2n) is 6.23. The van der Waals surface area contributed by atoms with Gasteiger partial charge in [-0.15, -0.1) is 0 Å². The topological polar surface area (TPSA) is 80.7 Å². The molecule has 0 aliphatic heterocycles. The standard InChI is InChI=1S/C21H17N3O3/c1-2-23-19-6-4-3-5-16(19)17-11-14(7-9-20(17)23)13-22-18-12-15(24(26)27)8-10-21(18)25/h3-13,25H,2H2,1H3. The first-order chi connectivity index (χ1) is 13.1. The summed E-state index contributed by atoms with van der Waals surface area (Å²) in [6.45, 7) is 2.99. The first-order valence-electron chi connectivity index (χ1n) is 8.61. The normalized spacial score (nSPS) is 11.6. The number of aromatic hydroxyl groups is 1. The van der Waals surface area contributed by atoms with E-state index < -0.39 is 4.92 Å². The largest absolute Gasteiger partial charge is 0.506 e. The van der Waals surface area contributed by atoms with Gasteiger partial charge in [-0.2, -0.15) is 0 Å². The summed E-state index contributed by atoms with van der Waals surface area (Å²) >= 11 is 0. The smallest absolute Gasteiger partial charge is 0.271 e. The van der Waals surface area contributed by atoms with Crippen molar-refractivity contribution >= 4 is 39.4 Å². The van der Waals surface area contributed by atoms with Gasteiger partial charge in [0, 0.05) is 46.7 Å². The van der Waals surface area contributed by atoms with Crippen LogP contribution in [0.4, 0.5) is 11.4 Å². The molecule has 4 aromatic rings. The molecule has 0 aliphatic rings. The van der Waals surface area contributed by atoms with E-state index in [-0.39, 0.29) is 17.1 Å². The molecule has 6 heteroatoms. The van der Waals surface area contributed by atoms with Crippen LogP contribution in [0, 0.1) is 10.1 Å². The van der Waals surface area contributed by atoms with Crippen molar-refractivity contribution in [3.63, 3.8) is 0 Å². The molecular formula is C21H17N3O3. The third-order valence-electron chi connectivity index (χ3n) is 4.64. The number of aromatic nitrogens is 1. The van der Waals surface area contributed by atoms with Crippen LogP contribution in [0.1, 0.15) is 12.5 Å². The Kier molecular flexibility index (Phi) is 4.08. The van der Waals surface area contributed by atoms with Crippen LogP contribution in [0.15, 0.2) is 65.7 Å². The van der Waals surface area contributed by atoms with Crippen molar-refractivity contribution in [2.24, 2.45) is 4.99 Å². The molecule has 0 aliphatic carbocycles. The van der Waals surface area contributed by atoms with Crippen LogP contribution in [0.25, 0.3) is 21.8 Å². The fraction of sp³-hybridized carbons (Fsp3) is 0.0952. The molecule has 134 valence electrons. The fourth-order valence-corrected chi connectivity index (χ4v) is 3.37. The summed E-state index contributed by atoms with van der Waals surface area (Å²) in [5.41, 5.74) is 3.24. The number of aliphatic imine (C=N–C) groups is 1. The van der Waals surface area contributed by atoms with Crippen molar-refractivity contribution in [1.29, 1.82) is 0 Å². The Hall–Kier alpha value is -3.67. The third kappa shape index (κ3) is 2.91. The van der Waals surface area contributed by atoms with Crippen molar-refractivity contribution in [2.75, 3.05) is 0 Å². The van der Waals surface area contributed by atoms with Crippen LogP contribution in [0.5, 0.6) is 5.75 Å². The number of rotatable bonds is 4. The summed E-state index contributed by atoms with van der Waals surface area (Å²) in [5.74, 6) is -0.0967. The van der Waals surface area contributed by atoms with Crippen molar-refractivity contribution in [2.45, 2.75) is 13.5 Å². The van der Waals surface area contributed by atoms with E-state index in [1.165, 1.54) is 29.1 Å². The first kappa shape index (κ1) is 16.8. The molecular weight excluding hydrogens is 342 g/mol. The van der Waals surface area contributed by atoms with Gasteiger partial charge in [0.15, 0.2) is 0 Å². The maximum atomic E-state index is 10.9. The van der Waals surface area contributed by atoms with Gasteiger partial charge in [0.25, 0.3) is 5.69 Å². The highest BCUT2D eigenvalue weighted by Crippen LogP contribution is 2.31. The number of phenols is 1. The van der Waals surface area contributed by atoms with Gasteiger partial charge in [-0.25, -0.2) is 0 Å². The molecule has 0 saturated heterocycles. The number of hydrogen-bond acceptors (Lipinski definition) is 4. The number of phenolic OH excluding ortho intramolecular Hbond substituents is 1. The first-order valence-corrected chi connectivity index (χ1v) is 8.61. The monoisotopic (exact) mass is 359 g/mol. The van der Waals surface area contributed by atoms with Gasteiger partial charge in [-0.1, -0.05) is 24.3 Å². The van der Waals surface area contributed by atoms with Crippen LogP contribution in [-0.2, 0) is 6.54 Å². The highest BCUT2D eigenvalue weighted by Gasteiger charge is 2.11. The molecule has 3 aromatic carbocycles. The minimum atomic E-state index is -0.510. The van der Waals surface area contributed by atoms with E-state index in [9.17, 15) is 15.2 Å². The summed E-state index contributed by atoms with van der Waals surface area (Å²) < 4.78 is 2.26.